The van der Waals surface area contributed by atoms with Gasteiger partial charge in [0.05, 0.1) is 0 Å². The molecular weight excluding hydrogens is 336 g/mol. The van der Waals surface area contributed by atoms with Gasteiger partial charge in [-0.25, -0.2) is 0 Å². The van der Waals surface area contributed by atoms with Crippen molar-refractivity contribution in [2.75, 3.05) is 0 Å². The molecule has 156 valence electrons. The van der Waals surface area contributed by atoms with Crippen LogP contribution in [0.3, 0.4) is 0 Å². The average Bonchev–Trinajstić information content (AvgIpc) is 3.05. The first kappa shape index (κ1) is 24.6. The van der Waals surface area contributed by atoms with Crippen molar-refractivity contribution in [3.05, 3.63) is 46.5 Å². The topological polar surface area (TPSA) is 0 Å². The van der Waals surface area contributed by atoms with Crippen LogP contribution < -0.4 is 0 Å². The quantitative estimate of drug-likeness (QED) is 0.428. The van der Waals surface area contributed by atoms with Gasteiger partial charge in [-0.1, -0.05) is 90.6 Å². The maximum atomic E-state index is 5.77. The summed E-state index contributed by atoms with van der Waals surface area (Å²) < 4.78 is 0. The summed E-state index contributed by atoms with van der Waals surface area (Å²) in [5.74, 6) is 5.37. The maximum Gasteiger partial charge on any atom is 0.00400 e. The predicted molar refractivity (Wildman–Crippen MR) is 127 cm³/mol. The Kier molecular flexibility index (Phi) is 9.56. The average molecular weight is 381 g/mol. The van der Waals surface area contributed by atoms with E-state index in [9.17, 15) is 0 Å². The molecule has 3 aliphatic rings. The number of terminal acetylenes is 1. The van der Waals surface area contributed by atoms with Crippen LogP contribution in [0.4, 0.5) is 0 Å². The summed E-state index contributed by atoms with van der Waals surface area (Å²) >= 11 is 0. The number of hydrogen-bond donors (Lipinski definition) is 0. The Hall–Kier alpha value is -1.48. The first-order valence-corrected chi connectivity index (χ1v) is 11.3. The van der Waals surface area contributed by atoms with Crippen molar-refractivity contribution in [1.82, 2.24) is 0 Å². The number of hydrogen-bond acceptors (Lipinski definition) is 0. The molecule has 0 bridgehead atoms. The molecule has 0 saturated heterocycles. The third-order valence-electron chi connectivity index (χ3n) is 7.12. The Morgan fingerprint density at radius 1 is 1.14 bits per heavy atom. The van der Waals surface area contributed by atoms with E-state index in [-0.39, 0.29) is 12.8 Å². The van der Waals surface area contributed by atoms with Gasteiger partial charge in [-0.3, -0.25) is 0 Å². The van der Waals surface area contributed by atoms with E-state index in [4.69, 9.17) is 6.42 Å². The van der Waals surface area contributed by atoms with Crippen LogP contribution in [-0.2, 0) is 6.42 Å². The summed E-state index contributed by atoms with van der Waals surface area (Å²) in [6.07, 6.45) is 17.2. The van der Waals surface area contributed by atoms with E-state index >= 15 is 0 Å². The highest BCUT2D eigenvalue weighted by molar-refractivity contribution is 5.42. The molecule has 28 heavy (non-hydrogen) atoms. The summed E-state index contributed by atoms with van der Waals surface area (Å²) in [7, 11) is 0. The van der Waals surface area contributed by atoms with Crippen molar-refractivity contribution in [3.63, 3.8) is 0 Å². The molecular formula is C28H44. The van der Waals surface area contributed by atoms with Crippen molar-refractivity contribution < 1.29 is 0 Å². The Morgan fingerprint density at radius 3 is 2.43 bits per heavy atom. The maximum absolute atomic E-state index is 5.77. The summed E-state index contributed by atoms with van der Waals surface area (Å²) in [4.78, 5) is 0. The molecule has 1 aromatic rings. The summed E-state index contributed by atoms with van der Waals surface area (Å²) in [5.41, 5.74) is 6.25. The first-order valence-electron chi connectivity index (χ1n) is 11.3. The van der Waals surface area contributed by atoms with Crippen LogP contribution in [0.5, 0.6) is 0 Å². The minimum atomic E-state index is 0. The highest BCUT2D eigenvalue weighted by atomic mass is 14.5. The number of unbranched alkanes of at least 4 members (excludes halogenated alkanes) is 1. The molecule has 0 heteroatoms. The molecule has 1 fully saturated rings. The zero-order valence-corrected chi connectivity index (χ0v) is 18.6. The monoisotopic (exact) mass is 380 g/mol. The molecule has 0 heterocycles. The Balaban J connectivity index is 0.000000503. The van der Waals surface area contributed by atoms with Gasteiger partial charge in [0.15, 0.2) is 0 Å². The number of allylic oxidation sites excluding steroid dienone is 2. The zero-order chi connectivity index (χ0) is 20.0. The molecule has 4 atom stereocenters. The molecule has 0 aliphatic heterocycles. The van der Waals surface area contributed by atoms with E-state index in [1.807, 2.05) is 13.8 Å². The van der Waals surface area contributed by atoms with Gasteiger partial charge in [0, 0.05) is 11.0 Å². The molecule has 0 N–H and O–H groups in total. The van der Waals surface area contributed by atoms with Gasteiger partial charge < -0.3 is 0 Å². The second-order valence-corrected chi connectivity index (χ2v) is 8.57. The van der Waals surface area contributed by atoms with Crippen LogP contribution in [0, 0.1) is 36.5 Å². The van der Waals surface area contributed by atoms with Crippen molar-refractivity contribution in [3.8, 4) is 12.3 Å². The highest BCUT2D eigenvalue weighted by Crippen LogP contribution is 2.60. The van der Waals surface area contributed by atoms with Crippen molar-refractivity contribution >= 4 is 0 Å². The molecule has 3 aliphatic carbocycles. The van der Waals surface area contributed by atoms with Crippen molar-refractivity contribution in [2.45, 2.75) is 99.8 Å². The number of fused-ring (bicyclic) bond motifs is 5. The third kappa shape index (κ3) is 4.56. The first-order chi connectivity index (χ1) is 13.0. The van der Waals surface area contributed by atoms with E-state index in [1.165, 1.54) is 56.1 Å². The SMILES string of the molecule is C.C#CC1=CCC2C3CCc4cc(C)ccc4C3CCC12C.CC.CCCC. The van der Waals surface area contributed by atoms with Gasteiger partial charge in [0.25, 0.3) is 0 Å². The van der Waals surface area contributed by atoms with E-state index in [2.05, 4.69) is 57.9 Å². The lowest BCUT2D eigenvalue weighted by Crippen LogP contribution is -2.41. The lowest BCUT2D eigenvalue weighted by atomic mass is 9.54. The molecule has 1 aromatic carbocycles. The molecule has 0 amide bonds. The number of benzene rings is 1. The van der Waals surface area contributed by atoms with Crippen LogP contribution in [0.25, 0.3) is 0 Å². The fraction of sp³-hybridized carbons (Fsp3) is 0.643. The number of aryl methyl sites for hydroxylation is 2. The van der Waals surface area contributed by atoms with Crippen LogP contribution in [-0.4, -0.2) is 0 Å². The van der Waals surface area contributed by atoms with Gasteiger partial charge in [0.1, 0.15) is 0 Å². The van der Waals surface area contributed by atoms with Gasteiger partial charge in [0.2, 0.25) is 0 Å². The zero-order valence-electron chi connectivity index (χ0n) is 18.6. The van der Waals surface area contributed by atoms with Gasteiger partial charge in [-0.05, 0) is 67.9 Å². The molecule has 4 rings (SSSR count). The third-order valence-corrected chi connectivity index (χ3v) is 7.12. The molecule has 0 spiro atoms. The minimum absolute atomic E-state index is 0. The fourth-order valence-corrected chi connectivity index (χ4v) is 5.50. The predicted octanol–water partition coefficient (Wildman–Crippen LogP) is 8.49. The highest BCUT2D eigenvalue weighted by Gasteiger charge is 2.51. The second kappa shape index (κ2) is 10.9. The lowest BCUT2D eigenvalue weighted by Gasteiger charge is -2.49. The van der Waals surface area contributed by atoms with Gasteiger partial charge in [-0.15, -0.1) is 6.42 Å². The standard InChI is InChI=1S/C21H24.C4H10.C2H6.CH4/c1-4-16-7-10-20-19-9-6-15-13-14(2)5-8-17(15)18(19)11-12-21(16,20)3;1-3-4-2;1-2;/h1,5,7-8,13,18-20H,6,9-12H2,2-3H3;3-4H2,1-2H3;1-2H3;1H4. The van der Waals surface area contributed by atoms with Crippen LogP contribution in [0.2, 0.25) is 0 Å². The Bertz CT molecular complexity index is 684. The summed E-state index contributed by atoms with van der Waals surface area (Å²) in [6.45, 7) is 13.0. The smallest absolute Gasteiger partial charge is 0.00400 e. The van der Waals surface area contributed by atoms with Crippen molar-refractivity contribution in [2.24, 2.45) is 17.3 Å². The summed E-state index contributed by atoms with van der Waals surface area (Å²) in [5, 5.41) is 0. The Labute approximate surface area is 176 Å². The fourth-order valence-electron chi connectivity index (χ4n) is 5.50. The van der Waals surface area contributed by atoms with Crippen LogP contribution in [0.15, 0.2) is 29.8 Å². The van der Waals surface area contributed by atoms with Gasteiger partial charge >= 0.3 is 0 Å². The molecule has 4 unspecified atom stereocenters. The summed E-state index contributed by atoms with van der Waals surface area (Å²) in [6, 6.07) is 7.13. The largest absolute Gasteiger partial charge is 0.115 e. The van der Waals surface area contributed by atoms with Crippen LogP contribution in [0.1, 0.15) is 103 Å². The van der Waals surface area contributed by atoms with Crippen LogP contribution >= 0.6 is 0 Å². The molecule has 0 aromatic heterocycles. The molecule has 0 nitrogen and oxygen atoms in total. The number of rotatable bonds is 1. The van der Waals surface area contributed by atoms with E-state index in [1.54, 1.807) is 11.1 Å². The molecule has 0 radical (unpaired) electrons. The minimum Gasteiger partial charge on any atom is -0.115 e. The Morgan fingerprint density at radius 2 is 1.82 bits per heavy atom. The van der Waals surface area contributed by atoms with E-state index < -0.39 is 0 Å². The second-order valence-electron chi connectivity index (χ2n) is 8.57. The van der Waals surface area contributed by atoms with Crippen molar-refractivity contribution in [1.29, 1.82) is 0 Å². The van der Waals surface area contributed by atoms with Gasteiger partial charge in [-0.2, -0.15) is 0 Å². The van der Waals surface area contributed by atoms with E-state index in [0.29, 0.717) is 0 Å². The lowest BCUT2D eigenvalue weighted by molar-refractivity contribution is 0.0781. The normalized spacial score (nSPS) is 29.0. The molecule has 1 saturated carbocycles. The van der Waals surface area contributed by atoms with E-state index in [0.717, 1.165) is 17.8 Å².